The number of hydrogen-bond donors (Lipinski definition) is 0. The summed E-state index contributed by atoms with van der Waals surface area (Å²) in [6, 6.07) is 0. The molecule has 0 N–H and O–H groups in total. The van der Waals surface area contributed by atoms with Gasteiger partial charge in [0, 0.05) is 0 Å². The predicted molar refractivity (Wildman–Crippen MR) is 61.5 cm³/mol. The molecule has 0 aromatic heterocycles. The first-order valence-corrected chi connectivity index (χ1v) is 6.16. The first kappa shape index (κ1) is 11.1. The minimum atomic E-state index is 0.951. The minimum Gasteiger partial charge on any atom is -0.0802 e. The van der Waals surface area contributed by atoms with Crippen LogP contribution in [0.25, 0.3) is 0 Å². The lowest BCUT2D eigenvalue weighted by atomic mass is 9.57. The Labute approximate surface area is 84.7 Å². The van der Waals surface area contributed by atoms with Gasteiger partial charge in [-0.15, -0.1) is 0 Å². The molecule has 13 heavy (non-hydrogen) atoms. The van der Waals surface area contributed by atoms with E-state index >= 15 is 0 Å². The van der Waals surface area contributed by atoms with Crippen molar-refractivity contribution >= 4 is 7.28 Å². The first-order valence-electron chi connectivity index (χ1n) is 6.16. The van der Waals surface area contributed by atoms with Crippen LogP contribution in [0, 0.1) is 5.92 Å². The van der Waals surface area contributed by atoms with Crippen molar-refractivity contribution in [1.29, 1.82) is 0 Å². The first-order chi connectivity index (χ1) is 6.33. The molecule has 1 radical (unpaired) electrons. The summed E-state index contributed by atoms with van der Waals surface area (Å²) in [4.78, 5) is 0. The van der Waals surface area contributed by atoms with E-state index in [2.05, 4.69) is 21.1 Å². The molecule has 0 amide bonds. The Hall–Kier alpha value is 0.0649. The van der Waals surface area contributed by atoms with E-state index in [9.17, 15) is 0 Å². The highest BCUT2D eigenvalue weighted by molar-refractivity contribution is 6.37. The topological polar surface area (TPSA) is 0 Å². The van der Waals surface area contributed by atoms with E-state index in [1.54, 1.807) is 0 Å². The number of hydrogen-bond acceptors (Lipinski definition) is 0. The SMILES string of the molecule is CCC[B]C1CCCC(C)CCC1. The second-order valence-corrected chi connectivity index (χ2v) is 4.75. The second kappa shape index (κ2) is 6.51. The summed E-state index contributed by atoms with van der Waals surface area (Å²) < 4.78 is 0. The van der Waals surface area contributed by atoms with Crippen LogP contribution in [0.4, 0.5) is 0 Å². The molecule has 0 unspecified atom stereocenters. The zero-order chi connectivity index (χ0) is 9.52. The van der Waals surface area contributed by atoms with Crippen molar-refractivity contribution in [1.82, 2.24) is 0 Å². The highest BCUT2D eigenvalue weighted by Crippen LogP contribution is 2.29. The normalized spacial score (nSPS) is 30.6. The highest BCUT2D eigenvalue weighted by atomic mass is 14.1. The van der Waals surface area contributed by atoms with Crippen LogP contribution in [0.5, 0.6) is 0 Å². The second-order valence-electron chi connectivity index (χ2n) is 4.75. The molecule has 1 heteroatoms. The van der Waals surface area contributed by atoms with Crippen LogP contribution in [0.15, 0.2) is 0 Å². The van der Waals surface area contributed by atoms with Crippen molar-refractivity contribution in [3.8, 4) is 0 Å². The lowest BCUT2D eigenvalue weighted by molar-refractivity contribution is 0.402. The minimum absolute atomic E-state index is 0.951. The molecule has 1 fully saturated rings. The van der Waals surface area contributed by atoms with Crippen LogP contribution in [0.2, 0.25) is 12.1 Å². The van der Waals surface area contributed by atoms with Crippen LogP contribution in [-0.2, 0) is 0 Å². The Morgan fingerprint density at radius 1 is 1.08 bits per heavy atom. The van der Waals surface area contributed by atoms with Crippen molar-refractivity contribution in [2.24, 2.45) is 5.92 Å². The summed E-state index contributed by atoms with van der Waals surface area (Å²) in [5.41, 5.74) is 0. The molecule has 75 valence electrons. The Morgan fingerprint density at radius 2 is 1.69 bits per heavy atom. The molecule has 0 atom stereocenters. The predicted octanol–water partition coefficient (Wildman–Crippen LogP) is 4.30. The lowest BCUT2D eigenvalue weighted by Gasteiger charge is -2.21. The van der Waals surface area contributed by atoms with Crippen LogP contribution >= 0.6 is 0 Å². The quantitative estimate of drug-likeness (QED) is 0.566. The van der Waals surface area contributed by atoms with Crippen LogP contribution < -0.4 is 0 Å². The van der Waals surface area contributed by atoms with E-state index in [1.165, 1.54) is 51.3 Å². The van der Waals surface area contributed by atoms with Gasteiger partial charge in [-0.05, 0) is 5.92 Å². The van der Waals surface area contributed by atoms with Gasteiger partial charge in [-0.2, -0.15) is 0 Å². The molecule has 1 rings (SSSR count). The van der Waals surface area contributed by atoms with Gasteiger partial charge in [0.25, 0.3) is 0 Å². The molecule has 0 aromatic rings. The molecule has 0 saturated heterocycles. The molecule has 0 spiro atoms. The van der Waals surface area contributed by atoms with E-state index in [0.29, 0.717) is 0 Å². The molecule has 0 aromatic carbocycles. The van der Waals surface area contributed by atoms with E-state index in [-0.39, 0.29) is 0 Å². The van der Waals surface area contributed by atoms with Crippen molar-refractivity contribution in [3.05, 3.63) is 0 Å². The smallest absolute Gasteiger partial charge is 0.0802 e. The fourth-order valence-electron chi connectivity index (χ4n) is 2.38. The Morgan fingerprint density at radius 3 is 2.23 bits per heavy atom. The van der Waals surface area contributed by atoms with Crippen molar-refractivity contribution in [3.63, 3.8) is 0 Å². The summed E-state index contributed by atoms with van der Waals surface area (Å²) in [6.07, 6.45) is 11.5. The summed E-state index contributed by atoms with van der Waals surface area (Å²) in [7, 11) is 2.58. The summed E-state index contributed by atoms with van der Waals surface area (Å²) in [5.74, 6) is 1.94. The maximum absolute atomic E-state index is 2.58. The van der Waals surface area contributed by atoms with Crippen molar-refractivity contribution in [2.75, 3.05) is 0 Å². The van der Waals surface area contributed by atoms with Crippen molar-refractivity contribution in [2.45, 2.75) is 70.9 Å². The summed E-state index contributed by atoms with van der Waals surface area (Å²) in [5, 5.41) is 0. The fourth-order valence-corrected chi connectivity index (χ4v) is 2.38. The maximum atomic E-state index is 2.58. The maximum Gasteiger partial charge on any atom is 0.113 e. The number of rotatable bonds is 3. The van der Waals surface area contributed by atoms with Gasteiger partial charge < -0.3 is 0 Å². The van der Waals surface area contributed by atoms with Gasteiger partial charge in [0.2, 0.25) is 0 Å². The van der Waals surface area contributed by atoms with Gasteiger partial charge in [-0.3, -0.25) is 0 Å². The summed E-state index contributed by atoms with van der Waals surface area (Å²) in [6.45, 7) is 4.69. The molecule has 1 aliphatic carbocycles. The molecule has 0 aliphatic heterocycles. The van der Waals surface area contributed by atoms with Crippen LogP contribution in [0.1, 0.15) is 58.8 Å². The average Bonchev–Trinajstić information content (AvgIpc) is 2.09. The van der Waals surface area contributed by atoms with Gasteiger partial charge in [-0.25, -0.2) is 0 Å². The third-order valence-electron chi connectivity index (χ3n) is 3.33. The van der Waals surface area contributed by atoms with E-state index in [0.717, 1.165) is 11.7 Å². The largest absolute Gasteiger partial charge is 0.113 e. The summed E-state index contributed by atoms with van der Waals surface area (Å²) >= 11 is 0. The standard InChI is InChI=1S/C12H24B/c1-3-10-13-12-8-4-6-11(2)7-5-9-12/h11-12H,3-10H2,1-2H3. The molecule has 0 nitrogen and oxygen atoms in total. The zero-order valence-corrected chi connectivity index (χ0v) is 9.39. The Kier molecular flexibility index (Phi) is 5.58. The Balaban J connectivity index is 2.16. The highest BCUT2D eigenvalue weighted by Gasteiger charge is 2.14. The average molecular weight is 179 g/mol. The van der Waals surface area contributed by atoms with Crippen LogP contribution in [-0.4, -0.2) is 7.28 Å². The lowest BCUT2D eigenvalue weighted by Crippen LogP contribution is -2.08. The van der Waals surface area contributed by atoms with Gasteiger partial charge in [0.1, 0.15) is 7.28 Å². The monoisotopic (exact) mass is 179 g/mol. The molecule has 0 bridgehead atoms. The van der Waals surface area contributed by atoms with Gasteiger partial charge in [0.05, 0.1) is 0 Å². The van der Waals surface area contributed by atoms with Crippen LogP contribution in [0.3, 0.4) is 0 Å². The van der Waals surface area contributed by atoms with E-state index < -0.39 is 0 Å². The third-order valence-corrected chi connectivity index (χ3v) is 3.33. The molecular formula is C12H24B. The van der Waals surface area contributed by atoms with E-state index in [1.807, 2.05) is 0 Å². The molecule has 1 aliphatic rings. The van der Waals surface area contributed by atoms with Gasteiger partial charge in [-0.1, -0.05) is 70.9 Å². The van der Waals surface area contributed by atoms with Gasteiger partial charge >= 0.3 is 0 Å². The molecule has 0 heterocycles. The zero-order valence-electron chi connectivity index (χ0n) is 9.39. The van der Waals surface area contributed by atoms with Gasteiger partial charge in [0.15, 0.2) is 0 Å². The fraction of sp³-hybridized carbons (Fsp3) is 1.00. The Bertz CT molecular complexity index is 112. The van der Waals surface area contributed by atoms with Crippen molar-refractivity contribution < 1.29 is 0 Å². The molecule has 1 saturated carbocycles. The third kappa shape index (κ3) is 4.74. The molecular weight excluding hydrogens is 155 g/mol. The van der Waals surface area contributed by atoms with E-state index in [4.69, 9.17) is 0 Å².